The smallest absolute Gasteiger partial charge is 0.257 e. The van der Waals surface area contributed by atoms with Gasteiger partial charge < -0.3 is 19.8 Å². The van der Waals surface area contributed by atoms with Gasteiger partial charge >= 0.3 is 0 Å². The number of aryl methyl sites for hydroxylation is 1. The molecule has 0 spiro atoms. The molecule has 2 N–H and O–H groups in total. The standard InChI is InChI=1S/C22H28N4O2/c1-16-9-10-20-24-17(12-26(20)11-16)13-28-19-8-6-5-7-18(19)21(27)25(4)15-22(2,3)14-23/h5-12H,13-15,23H2,1-4H3. The lowest BCUT2D eigenvalue weighted by Crippen LogP contribution is -2.39. The number of pyridine rings is 1. The third-order valence-electron chi connectivity index (χ3n) is 4.71. The van der Waals surface area contributed by atoms with Crippen LogP contribution in [-0.2, 0) is 6.61 Å². The molecule has 0 aliphatic carbocycles. The summed E-state index contributed by atoms with van der Waals surface area (Å²) in [6, 6.07) is 11.3. The highest BCUT2D eigenvalue weighted by atomic mass is 16.5. The molecule has 0 fully saturated rings. The van der Waals surface area contributed by atoms with Crippen LogP contribution in [0.15, 0.2) is 48.8 Å². The molecular formula is C22H28N4O2. The predicted octanol–water partition coefficient (Wildman–Crippen LogP) is 3.28. The number of imidazole rings is 1. The van der Waals surface area contributed by atoms with Crippen LogP contribution in [0.5, 0.6) is 5.75 Å². The fraction of sp³-hybridized carbons (Fsp3) is 0.364. The van der Waals surface area contributed by atoms with Crippen LogP contribution < -0.4 is 10.5 Å². The van der Waals surface area contributed by atoms with Crippen molar-refractivity contribution in [3.05, 3.63) is 65.6 Å². The summed E-state index contributed by atoms with van der Waals surface area (Å²) in [4.78, 5) is 19.2. The zero-order valence-corrected chi connectivity index (χ0v) is 17.0. The van der Waals surface area contributed by atoms with Crippen LogP contribution in [0.1, 0.15) is 35.5 Å². The number of amides is 1. The molecule has 0 unspecified atom stereocenters. The first-order valence-corrected chi connectivity index (χ1v) is 9.41. The van der Waals surface area contributed by atoms with E-state index in [1.54, 1.807) is 18.0 Å². The minimum Gasteiger partial charge on any atom is -0.486 e. The van der Waals surface area contributed by atoms with Crippen molar-refractivity contribution in [2.75, 3.05) is 20.1 Å². The summed E-state index contributed by atoms with van der Waals surface area (Å²) in [5.74, 6) is 0.473. The highest BCUT2D eigenvalue weighted by Gasteiger charge is 2.23. The first kappa shape index (κ1) is 19.9. The molecule has 3 aromatic rings. The molecule has 0 saturated heterocycles. The number of aromatic nitrogens is 2. The van der Waals surface area contributed by atoms with Gasteiger partial charge in [0.1, 0.15) is 18.0 Å². The Morgan fingerprint density at radius 1 is 1.21 bits per heavy atom. The third-order valence-corrected chi connectivity index (χ3v) is 4.71. The quantitative estimate of drug-likeness (QED) is 0.683. The van der Waals surface area contributed by atoms with Crippen LogP contribution in [0.4, 0.5) is 0 Å². The number of benzene rings is 1. The first-order chi connectivity index (χ1) is 13.3. The Morgan fingerprint density at radius 2 is 1.96 bits per heavy atom. The van der Waals surface area contributed by atoms with Gasteiger partial charge in [0, 0.05) is 26.0 Å². The van der Waals surface area contributed by atoms with Gasteiger partial charge in [0.25, 0.3) is 5.91 Å². The van der Waals surface area contributed by atoms with E-state index in [0.717, 1.165) is 16.9 Å². The van der Waals surface area contributed by atoms with Gasteiger partial charge in [-0.15, -0.1) is 0 Å². The largest absolute Gasteiger partial charge is 0.486 e. The van der Waals surface area contributed by atoms with Gasteiger partial charge in [0.15, 0.2) is 0 Å². The van der Waals surface area contributed by atoms with Crippen LogP contribution in [0.3, 0.4) is 0 Å². The minimum absolute atomic E-state index is 0.0808. The monoisotopic (exact) mass is 380 g/mol. The van der Waals surface area contributed by atoms with E-state index in [1.165, 1.54) is 0 Å². The zero-order valence-electron chi connectivity index (χ0n) is 17.0. The molecule has 148 valence electrons. The van der Waals surface area contributed by atoms with Crippen molar-refractivity contribution in [1.82, 2.24) is 14.3 Å². The summed E-state index contributed by atoms with van der Waals surface area (Å²) in [5, 5.41) is 0. The Kier molecular flexibility index (Phi) is 5.70. The zero-order chi connectivity index (χ0) is 20.3. The van der Waals surface area contributed by atoms with Crippen molar-refractivity contribution >= 4 is 11.6 Å². The van der Waals surface area contributed by atoms with Gasteiger partial charge in [-0.2, -0.15) is 0 Å². The molecule has 0 aliphatic rings. The summed E-state index contributed by atoms with van der Waals surface area (Å²) >= 11 is 0. The second kappa shape index (κ2) is 8.02. The molecule has 28 heavy (non-hydrogen) atoms. The molecule has 0 radical (unpaired) electrons. The molecule has 3 rings (SSSR count). The number of ether oxygens (including phenoxy) is 1. The molecule has 0 aliphatic heterocycles. The van der Waals surface area contributed by atoms with Crippen molar-refractivity contribution in [3.63, 3.8) is 0 Å². The minimum atomic E-state index is -0.144. The van der Waals surface area contributed by atoms with Crippen molar-refractivity contribution in [2.45, 2.75) is 27.4 Å². The lowest BCUT2D eigenvalue weighted by atomic mass is 9.93. The van der Waals surface area contributed by atoms with E-state index in [4.69, 9.17) is 10.5 Å². The van der Waals surface area contributed by atoms with Crippen LogP contribution in [0.25, 0.3) is 5.65 Å². The highest BCUT2D eigenvalue weighted by molar-refractivity contribution is 5.96. The third kappa shape index (κ3) is 4.51. The van der Waals surface area contributed by atoms with Gasteiger partial charge in [0.2, 0.25) is 0 Å². The Morgan fingerprint density at radius 3 is 2.71 bits per heavy atom. The maximum atomic E-state index is 12.9. The van der Waals surface area contributed by atoms with Gasteiger partial charge in [0.05, 0.1) is 11.3 Å². The molecule has 0 atom stereocenters. The number of hydrogen-bond donors (Lipinski definition) is 1. The van der Waals surface area contributed by atoms with Crippen LogP contribution >= 0.6 is 0 Å². The number of carbonyl (C=O) groups excluding carboxylic acids is 1. The van der Waals surface area contributed by atoms with E-state index in [2.05, 4.69) is 4.98 Å². The van der Waals surface area contributed by atoms with Gasteiger partial charge in [-0.3, -0.25) is 4.79 Å². The van der Waals surface area contributed by atoms with Gasteiger partial charge in [-0.05, 0) is 42.6 Å². The second-order valence-electron chi connectivity index (χ2n) is 8.02. The normalized spacial score (nSPS) is 11.6. The predicted molar refractivity (Wildman–Crippen MR) is 110 cm³/mol. The molecule has 6 nitrogen and oxygen atoms in total. The van der Waals surface area contributed by atoms with Gasteiger partial charge in [-0.1, -0.05) is 32.0 Å². The molecule has 1 aromatic carbocycles. The summed E-state index contributed by atoms with van der Waals surface area (Å²) in [6.07, 6.45) is 3.97. The van der Waals surface area contributed by atoms with Gasteiger partial charge in [-0.25, -0.2) is 4.98 Å². The molecule has 0 bridgehead atoms. The summed E-state index contributed by atoms with van der Waals surface area (Å²) in [6.45, 7) is 7.51. The van der Waals surface area contributed by atoms with Crippen LogP contribution in [0.2, 0.25) is 0 Å². The summed E-state index contributed by atoms with van der Waals surface area (Å²) < 4.78 is 7.94. The van der Waals surface area contributed by atoms with Crippen LogP contribution in [-0.4, -0.2) is 40.3 Å². The van der Waals surface area contributed by atoms with Crippen LogP contribution in [0, 0.1) is 12.3 Å². The SMILES string of the molecule is Cc1ccc2nc(COc3ccccc3C(=O)N(C)CC(C)(C)CN)cn2c1. The Bertz CT molecular complexity index is 978. The van der Waals surface area contributed by atoms with E-state index in [1.807, 2.05) is 67.9 Å². The topological polar surface area (TPSA) is 72.9 Å². The average molecular weight is 380 g/mol. The fourth-order valence-electron chi connectivity index (χ4n) is 3.13. The number of fused-ring (bicyclic) bond motifs is 1. The lowest BCUT2D eigenvalue weighted by molar-refractivity contribution is 0.0735. The number of nitrogens with zero attached hydrogens (tertiary/aromatic N) is 3. The Labute approximate surface area is 165 Å². The molecule has 6 heteroatoms. The van der Waals surface area contributed by atoms with Crippen molar-refractivity contribution in [1.29, 1.82) is 0 Å². The Balaban J connectivity index is 1.75. The maximum absolute atomic E-state index is 12.9. The van der Waals surface area contributed by atoms with Crippen molar-refractivity contribution < 1.29 is 9.53 Å². The van der Waals surface area contributed by atoms with E-state index in [0.29, 0.717) is 31.0 Å². The number of nitrogens with two attached hydrogens (primary N) is 1. The Hall–Kier alpha value is -2.86. The maximum Gasteiger partial charge on any atom is 0.257 e. The number of hydrogen-bond acceptors (Lipinski definition) is 4. The molecular weight excluding hydrogens is 352 g/mol. The molecule has 0 saturated carbocycles. The molecule has 2 aromatic heterocycles. The molecule has 2 heterocycles. The number of rotatable bonds is 7. The van der Waals surface area contributed by atoms with Crippen molar-refractivity contribution in [3.8, 4) is 5.75 Å². The van der Waals surface area contributed by atoms with Crippen molar-refractivity contribution in [2.24, 2.45) is 11.1 Å². The average Bonchev–Trinajstić information content (AvgIpc) is 3.07. The van der Waals surface area contributed by atoms with E-state index in [-0.39, 0.29) is 11.3 Å². The lowest BCUT2D eigenvalue weighted by Gasteiger charge is -2.29. The fourth-order valence-corrected chi connectivity index (χ4v) is 3.13. The second-order valence-corrected chi connectivity index (χ2v) is 8.02. The summed E-state index contributed by atoms with van der Waals surface area (Å²) in [7, 11) is 1.79. The number of para-hydroxylation sites is 1. The summed E-state index contributed by atoms with van der Waals surface area (Å²) in [5.41, 5.74) is 9.05. The number of carbonyl (C=O) groups is 1. The first-order valence-electron chi connectivity index (χ1n) is 9.41. The highest BCUT2D eigenvalue weighted by Crippen LogP contribution is 2.23. The van der Waals surface area contributed by atoms with E-state index < -0.39 is 0 Å². The van der Waals surface area contributed by atoms with E-state index in [9.17, 15) is 4.79 Å². The molecule has 1 amide bonds. The van der Waals surface area contributed by atoms with E-state index >= 15 is 0 Å².